The number of aliphatic hydroxyl groups excluding tert-OH is 1. The smallest absolute Gasteiger partial charge is 0.123 e. The first-order valence-corrected chi connectivity index (χ1v) is 6.86. The molecule has 1 unspecified atom stereocenters. The molecule has 0 radical (unpaired) electrons. The molecule has 0 heterocycles. The molecule has 0 fully saturated rings. The molecule has 19 heavy (non-hydrogen) atoms. The molecule has 1 atom stereocenters. The second-order valence-electron chi connectivity index (χ2n) is 4.07. The maximum atomic E-state index is 12.8. The molecule has 0 aromatic heterocycles. The Morgan fingerprint density at radius 3 is 2.58 bits per heavy atom. The first-order valence-electron chi connectivity index (χ1n) is 5.69. The van der Waals surface area contributed by atoms with Gasteiger partial charge in [-0.2, -0.15) is 0 Å². The zero-order valence-corrected chi connectivity index (χ0v) is 12.2. The van der Waals surface area contributed by atoms with Gasteiger partial charge in [0.1, 0.15) is 5.82 Å². The molecule has 0 bridgehead atoms. The molecule has 0 aliphatic carbocycles. The van der Waals surface area contributed by atoms with E-state index in [0.29, 0.717) is 17.1 Å². The SMILES string of the molecule is OC(CNc1cc(Cl)ccc1Br)c1ccc(F)cc1. The highest BCUT2D eigenvalue weighted by Gasteiger charge is 2.08. The van der Waals surface area contributed by atoms with Gasteiger partial charge in [-0.3, -0.25) is 0 Å². The van der Waals surface area contributed by atoms with Crippen LogP contribution in [0, 0.1) is 5.82 Å². The van der Waals surface area contributed by atoms with Crippen LogP contribution < -0.4 is 5.32 Å². The zero-order chi connectivity index (χ0) is 13.8. The van der Waals surface area contributed by atoms with Gasteiger partial charge < -0.3 is 10.4 Å². The predicted octanol–water partition coefficient (Wildman–Crippen LogP) is 4.39. The molecule has 2 nitrogen and oxygen atoms in total. The van der Waals surface area contributed by atoms with Crippen molar-refractivity contribution in [3.05, 3.63) is 63.3 Å². The summed E-state index contributed by atoms with van der Waals surface area (Å²) in [6.45, 7) is 0.310. The minimum absolute atomic E-state index is 0.310. The lowest BCUT2D eigenvalue weighted by atomic mass is 10.1. The maximum Gasteiger partial charge on any atom is 0.123 e. The largest absolute Gasteiger partial charge is 0.387 e. The van der Waals surface area contributed by atoms with Crippen LogP contribution in [0.25, 0.3) is 0 Å². The summed E-state index contributed by atoms with van der Waals surface area (Å²) in [5.74, 6) is -0.318. The van der Waals surface area contributed by atoms with E-state index in [9.17, 15) is 9.50 Å². The summed E-state index contributed by atoms with van der Waals surface area (Å²) in [5, 5.41) is 13.7. The lowest BCUT2D eigenvalue weighted by molar-refractivity contribution is 0.191. The van der Waals surface area contributed by atoms with E-state index in [1.54, 1.807) is 24.3 Å². The molecule has 2 N–H and O–H groups in total. The topological polar surface area (TPSA) is 32.3 Å². The number of rotatable bonds is 4. The number of benzene rings is 2. The Morgan fingerprint density at radius 1 is 1.21 bits per heavy atom. The average molecular weight is 345 g/mol. The summed E-state index contributed by atoms with van der Waals surface area (Å²) in [6, 6.07) is 11.1. The van der Waals surface area contributed by atoms with E-state index >= 15 is 0 Å². The van der Waals surface area contributed by atoms with Gasteiger partial charge in [0.25, 0.3) is 0 Å². The van der Waals surface area contributed by atoms with Crippen molar-refractivity contribution in [2.75, 3.05) is 11.9 Å². The second-order valence-corrected chi connectivity index (χ2v) is 5.36. The van der Waals surface area contributed by atoms with E-state index in [0.717, 1.165) is 10.2 Å². The van der Waals surface area contributed by atoms with Crippen LogP contribution in [0.3, 0.4) is 0 Å². The number of hydrogen-bond donors (Lipinski definition) is 2. The normalized spacial score (nSPS) is 12.2. The van der Waals surface area contributed by atoms with Gasteiger partial charge >= 0.3 is 0 Å². The van der Waals surface area contributed by atoms with E-state index in [4.69, 9.17) is 11.6 Å². The molecular formula is C14H12BrClFNO. The maximum absolute atomic E-state index is 12.8. The van der Waals surface area contributed by atoms with Crippen LogP contribution in [0.1, 0.15) is 11.7 Å². The Balaban J connectivity index is 2.02. The molecule has 5 heteroatoms. The lowest BCUT2D eigenvalue weighted by Crippen LogP contribution is -2.12. The van der Waals surface area contributed by atoms with E-state index in [2.05, 4.69) is 21.2 Å². The summed E-state index contributed by atoms with van der Waals surface area (Å²) >= 11 is 9.30. The number of halogens is 3. The lowest BCUT2D eigenvalue weighted by Gasteiger charge is -2.14. The van der Waals surface area contributed by atoms with E-state index < -0.39 is 6.10 Å². The van der Waals surface area contributed by atoms with Crippen molar-refractivity contribution in [1.29, 1.82) is 0 Å². The quantitative estimate of drug-likeness (QED) is 0.862. The fourth-order valence-corrected chi connectivity index (χ4v) is 2.20. The second kappa shape index (κ2) is 6.37. The van der Waals surface area contributed by atoms with Crippen molar-refractivity contribution in [2.24, 2.45) is 0 Å². The highest BCUT2D eigenvalue weighted by atomic mass is 79.9. The molecule has 0 saturated carbocycles. The van der Waals surface area contributed by atoms with Crippen LogP contribution in [0.4, 0.5) is 10.1 Å². The van der Waals surface area contributed by atoms with Gasteiger partial charge in [0.15, 0.2) is 0 Å². The number of nitrogens with one attached hydrogen (secondary N) is 1. The van der Waals surface area contributed by atoms with Crippen molar-refractivity contribution in [1.82, 2.24) is 0 Å². The molecule has 2 aromatic rings. The number of anilines is 1. The first-order chi connectivity index (χ1) is 9.06. The average Bonchev–Trinajstić information content (AvgIpc) is 2.40. The van der Waals surface area contributed by atoms with Crippen molar-refractivity contribution in [3.63, 3.8) is 0 Å². The van der Waals surface area contributed by atoms with E-state index in [1.165, 1.54) is 12.1 Å². The van der Waals surface area contributed by atoms with Crippen LogP contribution in [-0.2, 0) is 0 Å². The molecule has 100 valence electrons. The predicted molar refractivity (Wildman–Crippen MR) is 79.0 cm³/mol. The van der Waals surface area contributed by atoms with Crippen molar-refractivity contribution >= 4 is 33.2 Å². The minimum atomic E-state index is -0.716. The fraction of sp³-hybridized carbons (Fsp3) is 0.143. The standard InChI is InChI=1S/C14H12BrClFNO/c15-12-6-3-10(16)7-13(12)18-8-14(19)9-1-4-11(17)5-2-9/h1-7,14,18-19H,8H2. The Hall–Kier alpha value is -1.10. The Morgan fingerprint density at radius 2 is 1.89 bits per heavy atom. The summed E-state index contributed by atoms with van der Waals surface area (Å²) in [4.78, 5) is 0. The monoisotopic (exact) mass is 343 g/mol. The van der Waals surface area contributed by atoms with Gasteiger partial charge in [0.2, 0.25) is 0 Å². The summed E-state index contributed by atoms with van der Waals surface area (Å²) in [5.41, 5.74) is 1.46. The third-order valence-corrected chi connectivity index (χ3v) is 3.60. The Labute approximate surface area is 124 Å². The summed E-state index contributed by atoms with van der Waals surface area (Å²) in [6.07, 6.45) is -0.716. The Kier molecular flexibility index (Phi) is 4.80. The van der Waals surface area contributed by atoms with E-state index in [-0.39, 0.29) is 5.82 Å². The summed E-state index contributed by atoms with van der Waals surface area (Å²) < 4.78 is 13.6. The highest BCUT2D eigenvalue weighted by molar-refractivity contribution is 9.10. The van der Waals surface area contributed by atoms with Gasteiger partial charge in [-0.25, -0.2) is 4.39 Å². The first kappa shape index (κ1) is 14.3. The van der Waals surface area contributed by atoms with Gasteiger partial charge in [0.05, 0.1) is 11.8 Å². The van der Waals surface area contributed by atoms with Crippen molar-refractivity contribution in [2.45, 2.75) is 6.10 Å². The van der Waals surface area contributed by atoms with E-state index in [1.807, 2.05) is 6.07 Å². The summed E-state index contributed by atoms with van der Waals surface area (Å²) in [7, 11) is 0. The molecule has 0 amide bonds. The van der Waals surface area contributed by atoms with Crippen LogP contribution >= 0.6 is 27.5 Å². The highest BCUT2D eigenvalue weighted by Crippen LogP contribution is 2.26. The molecular weight excluding hydrogens is 333 g/mol. The van der Waals surface area contributed by atoms with Gasteiger partial charge in [0, 0.05) is 16.0 Å². The minimum Gasteiger partial charge on any atom is -0.387 e. The Bertz CT molecular complexity index is 562. The third kappa shape index (κ3) is 3.93. The van der Waals surface area contributed by atoms with Crippen molar-refractivity contribution in [3.8, 4) is 0 Å². The molecule has 2 aromatic carbocycles. The third-order valence-electron chi connectivity index (χ3n) is 2.67. The van der Waals surface area contributed by atoms with Gasteiger partial charge in [-0.05, 0) is 51.8 Å². The zero-order valence-electron chi connectivity index (χ0n) is 9.91. The van der Waals surface area contributed by atoms with Crippen LogP contribution in [-0.4, -0.2) is 11.7 Å². The van der Waals surface area contributed by atoms with Crippen molar-refractivity contribution < 1.29 is 9.50 Å². The number of hydrogen-bond acceptors (Lipinski definition) is 2. The molecule has 0 aliphatic heterocycles. The van der Waals surface area contributed by atoms with Crippen LogP contribution in [0.5, 0.6) is 0 Å². The van der Waals surface area contributed by atoms with Gasteiger partial charge in [-0.1, -0.05) is 23.7 Å². The van der Waals surface area contributed by atoms with Gasteiger partial charge in [-0.15, -0.1) is 0 Å². The number of aliphatic hydroxyl groups is 1. The molecule has 0 aliphatic rings. The van der Waals surface area contributed by atoms with Crippen LogP contribution in [0.15, 0.2) is 46.9 Å². The van der Waals surface area contributed by atoms with Crippen LogP contribution in [0.2, 0.25) is 5.02 Å². The fourth-order valence-electron chi connectivity index (χ4n) is 1.64. The molecule has 2 rings (SSSR count). The molecule has 0 spiro atoms. The molecule has 0 saturated heterocycles.